The number of carboxylic acid groups (broad SMARTS) is 1. The number of halogens is 2. The summed E-state index contributed by atoms with van der Waals surface area (Å²) in [6.07, 6.45) is -0.0473. The second-order valence-electron chi connectivity index (χ2n) is 4.96. The number of carboxylic acids is 1. The van der Waals surface area contributed by atoms with Crippen molar-refractivity contribution in [3.05, 3.63) is 28.5 Å². The standard InChI is InChI=1S/C12H15BrFNO4S/c1-12(2,6-5-11(16)17)15-20(18,19)10-7-8(14)3-4-9(10)13/h3-4,7,15H,5-6H2,1-2H3,(H,16,17). The van der Waals surface area contributed by atoms with Gasteiger partial charge in [0.25, 0.3) is 0 Å². The van der Waals surface area contributed by atoms with E-state index in [4.69, 9.17) is 5.11 Å². The molecule has 0 atom stereocenters. The number of hydrogen-bond acceptors (Lipinski definition) is 3. The van der Waals surface area contributed by atoms with Crippen LogP contribution in [0.15, 0.2) is 27.6 Å². The Morgan fingerprint density at radius 3 is 2.60 bits per heavy atom. The zero-order valence-corrected chi connectivity index (χ0v) is 13.4. The summed E-state index contributed by atoms with van der Waals surface area (Å²) in [7, 11) is -3.95. The van der Waals surface area contributed by atoms with Crippen LogP contribution >= 0.6 is 15.9 Å². The lowest BCUT2D eigenvalue weighted by Crippen LogP contribution is -2.43. The monoisotopic (exact) mass is 367 g/mol. The summed E-state index contributed by atoms with van der Waals surface area (Å²) in [6.45, 7) is 3.14. The molecule has 112 valence electrons. The van der Waals surface area contributed by atoms with Crippen molar-refractivity contribution in [2.24, 2.45) is 0 Å². The lowest BCUT2D eigenvalue weighted by molar-refractivity contribution is -0.137. The molecule has 0 fully saturated rings. The third-order valence-electron chi connectivity index (χ3n) is 2.56. The van der Waals surface area contributed by atoms with Crippen molar-refractivity contribution >= 4 is 31.9 Å². The van der Waals surface area contributed by atoms with Gasteiger partial charge in [-0.15, -0.1) is 0 Å². The van der Waals surface area contributed by atoms with E-state index in [9.17, 15) is 17.6 Å². The van der Waals surface area contributed by atoms with Crippen molar-refractivity contribution in [3.63, 3.8) is 0 Å². The molecule has 1 aromatic carbocycles. The fourth-order valence-corrected chi connectivity index (χ4v) is 3.99. The van der Waals surface area contributed by atoms with E-state index in [2.05, 4.69) is 20.7 Å². The van der Waals surface area contributed by atoms with Crippen molar-refractivity contribution in [2.45, 2.75) is 37.1 Å². The fourth-order valence-electron chi connectivity index (χ4n) is 1.57. The van der Waals surface area contributed by atoms with Crippen molar-refractivity contribution in [3.8, 4) is 0 Å². The average molecular weight is 368 g/mol. The van der Waals surface area contributed by atoms with Gasteiger partial charge in [-0.05, 0) is 54.4 Å². The molecule has 0 aliphatic rings. The molecular weight excluding hydrogens is 353 g/mol. The predicted octanol–water partition coefficient (Wildman–Crippen LogP) is 2.51. The van der Waals surface area contributed by atoms with E-state index in [1.807, 2.05) is 0 Å². The largest absolute Gasteiger partial charge is 0.481 e. The Morgan fingerprint density at radius 1 is 1.45 bits per heavy atom. The maximum atomic E-state index is 13.2. The first-order valence-electron chi connectivity index (χ1n) is 5.74. The van der Waals surface area contributed by atoms with Gasteiger partial charge in [0.05, 0.1) is 4.90 Å². The van der Waals surface area contributed by atoms with Gasteiger partial charge in [0, 0.05) is 16.4 Å². The number of carbonyl (C=O) groups is 1. The zero-order chi connectivity index (χ0) is 15.6. The number of nitrogens with one attached hydrogen (secondary N) is 1. The van der Waals surface area contributed by atoms with E-state index < -0.39 is 27.3 Å². The molecule has 8 heteroatoms. The van der Waals surface area contributed by atoms with Crippen LogP contribution in [0.3, 0.4) is 0 Å². The molecule has 0 bridgehead atoms. The molecule has 0 radical (unpaired) electrons. The van der Waals surface area contributed by atoms with E-state index in [0.717, 1.165) is 12.1 Å². The molecule has 0 aromatic heterocycles. The van der Waals surface area contributed by atoms with E-state index in [1.165, 1.54) is 6.07 Å². The summed E-state index contributed by atoms with van der Waals surface area (Å²) < 4.78 is 40.2. The number of benzene rings is 1. The normalized spacial score (nSPS) is 12.4. The minimum absolute atomic E-state index is 0.120. The first-order valence-corrected chi connectivity index (χ1v) is 8.02. The molecule has 1 aromatic rings. The lowest BCUT2D eigenvalue weighted by atomic mass is 10.0. The third kappa shape index (κ3) is 4.84. The minimum atomic E-state index is -3.95. The van der Waals surface area contributed by atoms with E-state index in [1.54, 1.807) is 13.8 Å². The highest BCUT2D eigenvalue weighted by Gasteiger charge is 2.28. The van der Waals surface area contributed by atoms with Crippen LogP contribution in [0.5, 0.6) is 0 Å². The van der Waals surface area contributed by atoms with Gasteiger partial charge < -0.3 is 5.11 Å². The van der Waals surface area contributed by atoms with Crippen molar-refractivity contribution in [1.82, 2.24) is 4.72 Å². The van der Waals surface area contributed by atoms with Crippen LogP contribution in [0.25, 0.3) is 0 Å². The second-order valence-corrected chi connectivity index (χ2v) is 7.46. The van der Waals surface area contributed by atoms with E-state index in [0.29, 0.717) is 0 Å². The number of hydrogen-bond donors (Lipinski definition) is 2. The number of sulfonamides is 1. The summed E-state index contributed by atoms with van der Waals surface area (Å²) >= 11 is 3.06. The molecule has 2 N–H and O–H groups in total. The van der Waals surface area contributed by atoms with Gasteiger partial charge in [-0.2, -0.15) is 0 Å². The maximum absolute atomic E-state index is 13.2. The van der Waals surface area contributed by atoms with Gasteiger partial charge in [-0.1, -0.05) is 0 Å². The SMILES string of the molecule is CC(C)(CCC(=O)O)NS(=O)(=O)c1cc(F)ccc1Br. The molecular formula is C12H15BrFNO4S. The summed E-state index contributed by atoms with van der Waals surface area (Å²) in [5, 5.41) is 8.64. The molecule has 20 heavy (non-hydrogen) atoms. The smallest absolute Gasteiger partial charge is 0.303 e. The molecule has 1 rings (SSSR count). The van der Waals surface area contributed by atoms with Crippen molar-refractivity contribution < 1.29 is 22.7 Å². The van der Waals surface area contributed by atoms with Gasteiger partial charge in [-0.3, -0.25) is 4.79 Å². The van der Waals surface area contributed by atoms with Crippen LogP contribution in [0.1, 0.15) is 26.7 Å². The van der Waals surface area contributed by atoms with Crippen LogP contribution < -0.4 is 4.72 Å². The Kier molecular flexibility index (Phi) is 5.28. The van der Waals surface area contributed by atoms with Gasteiger partial charge in [0.2, 0.25) is 10.0 Å². The summed E-state index contributed by atoms with van der Waals surface area (Å²) in [6, 6.07) is 3.34. The van der Waals surface area contributed by atoms with E-state index >= 15 is 0 Å². The Hall–Kier alpha value is -0.990. The second kappa shape index (κ2) is 6.19. The highest BCUT2D eigenvalue weighted by molar-refractivity contribution is 9.10. The summed E-state index contributed by atoms with van der Waals surface area (Å²) in [5.41, 5.74) is -0.955. The highest BCUT2D eigenvalue weighted by Crippen LogP contribution is 2.25. The molecule has 0 amide bonds. The molecule has 0 saturated carbocycles. The number of rotatable bonds is 6. The average Bonchev–Trinajstić information content (AvgIpc) is 2.28. The van der Waals surface area contributed by atoms with Crippen LogP contribution in [0.4, 0.5) is 4.39 Å². The highest BCUT2D eigenvalue weighted by atomic mass is 79.9. The summed E-state index contributed by atoms with van der Waals surface area (Å²) in [5.74, 6) is -1.68. The van der Waals surface area contributed by atoms with Gasteiger partial charge in [0.1, 0.15) is 5.82 Å². The van der Waals surface area contributed by atoms with Crippen LogP contribution in [-0.2, 0) is 14.8 Å². The van der Waals surface area contributed by atoms with Crippen molar-refractivity contribution in [1.29, 1.82) is 0 Å². The van der Waals surface area contributed by atoms with Gasteiger partial charge in [-0.25, -0.2) is 17.5 Å². The quantitative estimate of drug-likeness (QED) is 0.808. The predicted molar refractivity (Wildman–Crippen MR) is 75.4 cm³/mol. The molecule has 5 nitrogen and oxygen atoms in total. The Balaban J connectivity index is 3.00. The molecule has 0 spiro atoms. The zero-order valence-electron chi connectivity index (χ0n) is 11.0. The Bertz CT molecular complexity index is 616. The molecule has 0 aliphatic carbocycles. The minimum Gasteiger partial charge on any atom is -0.481 e. The molecule has 0 heterocycles. The molecule has 0 aliphatic heterocycles. The van der Waals surface area contributed by atoms with Gasteiger partial charge in [0.15, 0.2) is 0 Å². The van der Waals surface area contributed by atoms with Crippen LogP contribution in [-0.4, -0.2) is 25.0 Å². The first-order chi connectivity index (χ1) is 9.03. The Labute approximate surface area is 125 Å². The molecule has 0 unspecified atom stereocenters. The first kappa shape index (κ1) is 17.1. The maximum Gasteiger partial charge on any atom is 0.303 e. The van der Waals surface area contributed by atoms with Gasteiger partial charge >= 0.3 is 5.97 Å². The Morgan fingerprint density at radius 2 is 2.05 bits per heavy atom. The van der Waals surface area contributed by atoms with Crippen LogP contribution in [0.2, 0.25) is 0 Å². The lowest BCUT2D eigenvalue weighted by Gasteiger charge is -2.25. The summed E-state index contributed by atoms with van der Waals surface area (Å²) in [4.78, 5) is 10.3. The van der Waals surface area contributed by atoms with Crippen LogP contribution in [0, 0.1) is 5.82 Å². The van der Waals surface area contributed by atoms with E-state index in [-0.39, 0.29) is 22.2 Å². The third-order valence-corrected chi connectivity index (χ3v) is 5.25. The van der Waals surface area contributed by atoms with Crippen molar-refractivity contribution in [2.75, 3.05) is 0 Å². The fraction of sp³-hybridized carbons (Fsp3) is 0.417. The number of aliphatic carboxylic acids is 1. The topological polar surface area (TPSA) is 83.5 Å². The molecule has 0 saturated heterocycles.